The van der Waals surface area contributed by atoms with Gasteiger partial charge >= 0.3 is 6.09 Å². The highest BCUT2D eigenvalue weighted by Gasteiger charge is 2.30. The van der Waals surface area contributed by atoms with E-state index in [4.69, 9.17) is 4.74 Å². The quantitative estimate of drug-likeness (QED) is 0.479. The summed E-state index contributed by atoms with van der Waals surface area (Å²) in [6.07, 6.45) is -0.607. The number of aromatic nitrogens is 2. The maximum atomic E-state index is 12.7. The molecule has 0 atom stereocenters. The summed E-state index contributed by atoms with van der Waals surface area (Å²) >= 11 is 2.36. The zero-order valence-electron chi connectivity index (χ0n) is 16.2. The molecule has 2 heterocycles. The van der Waals surface area contributed by atoms with E-state index in [1.165, 1.54) is 16.1 Å². The molecule has 0 aliphatic carbocycles. The third-order valence-electron chi connectivity index (χ3n) is 4.18. The van der Waals surface area contributed by atoms with Gasteiger partial charge in [0.15, 0.2) is 4.34 Å². The van der Waals surface area contributed by atoms with Crippen LogP contribution in [0.15, 0.2) is 39.6 Å². The normalized spacial score (nSPS) is 15.0. The van der Waals surface area contributed by atoms with Gasteiger partial charge in [-0.3, -0.25) is 10.1 Å². The fourth-order valence-electron chi connectivity index (χ4n) is 2.71. The van der Waals surface area contributed by atoms with Gasteiger partial charge in [-0.25, -0.2) is 13.2 Å². The molecular weight excluding hydrogens is 450 g/mol. The Morgan fingerprint density at radius 2 is 1.87 bits per heavy atom. The van der Waals surface area contributed by atoms with Crippen molar-refractivity contribution in [1.82, 2.24) is 19.4 Å². The smallest absolute Gasteiger partial charge is 0.413 e. The largest absolute Gasteiger partial charge is 0.450 e. The predicted molar refractivity (Wildman–Crippen MR) is 113 cm³/mol. The van der Waals surface area contributed by atoms with E-state index in [0.29, 0.717) is 22.6 Å². The molecule has 1 saturated heterocycles. The maximum absolute atomic E-state index is 12.7. The maximum Gasteiger partial charge on any atom is 0.413 e. The van der Waals surface area contributed by atoms with E-state index in [-0.39, 0.29) is 36.3 Å². The van der Waals surface area contributed by atoms with E-state index in [1.807, 2.05) is 0 Å². The van der Waals surface area contributed by atoms with E-state index in [0.717, 1.165) is 11.3 Å². The van der Waals surface area contributed by atoms with Crippen molar-refractivity contribution in [2.75, 3.05) is 43.9 Å². The number of amides is 2. The molecular formula is C17H21N5O5S3. The Morgan fingerprint density at radius 1 is 1.17 bits per heavy atom. The number of nitrogens with one attached hydrogen (secondary N) is 1. The molecule has 3 rings (SSSR count). The van der Waals surface area contributed by atoms with Gasteiger partial charge < -0.3 is 9.64 Å². The van der Waals surface area contributed by atoms with Gasteiger partial charge in [-0.15, -0.1) is 10.2 Å². The monoisotopic (exact) mass is 471 g/mol. The van der Waals surface area contributed by atoms with E-state index in [2.05, 4.69) is 15.5 Å². The molecule has 1 aliphatic heterocycles. The zero-order chi connectivity index (χ0) is 21.6. The fourth-order valence-corrected chi connectivity index (χ4v) is 5.79. The average Bonchev–Trinajstić information content (AvgIpc) is 3.20. The van der Waals surface area contributed by atoms with Crippen LogP contribution >= 0.6 is 23.1 Å². The molecule has 30 heavy (non-hydrogen) atoms. The Morgan fingerprint density at radius 3 is 2.53 bits per heavy atom. The summed E-state index contributed by atoms with van der Waals surface area (Å²) in [5.41, 5.74) is 0. The molecule has 13 heteroatoms. The second-order valence-corrected chi connectivity index (χ2v) is 10.2. The number of hydrogen-bond acceptors (Lipinski definition) is 9. The number of ether oxygens (including phenoxy) is 1. The van der Waals surface area contributed by atoms with Crippen molar-refractivity contribution in [1.29, 1.82) is 0 Å². The molecule has 10 nitrogen and oxygen atoms in total. The number of sulfonamides is 1. The lowest BCUT2D eigenvalue weighted by Crippen LogP contribution is -2.50. The number of piperazine rings is 1. The van der Waals surface area contributed by atoms with Crippen LogP contribution in [0.3, 0.4) is 0 Å². The molecule has 1 aromatic heterocycles. The van der Waals surface area contributed by atoms with Crippen molar-refractivity contribution in [3.63, 3.8) is 0 Å². The van der Waals surface area contributed by atoms with Crippen molar-refractivity contribution in [3.05, 3.63) is 30.3 Å². The van der Waals surface area contributed by atoms with Crippen LogP contribution in [0.2, 0.25) is 0 Å². The third-order valence-corrected chi connectivity index (χ3v) is 8.05. The van der Waals surface area contributed by atoms with E-state index in [9.17, 15) is 18.0 Å². The minimum Gasteiger partial charge on any atom is -0.450 e. The van der Waals surface area contributed by atoms with Gasteiger partial charge in [0, 0.05) is 26.2 Å². The molecule has 0 radical (unpaired) electrons. The number of thioether (sulfide) groups is 1. The fraction of sp³-hybridized carbons (Fsp3) is 0.412. The highest BCUT2D eigenvalue weighted by molar-refractivity contribution is 8.01. The minimum absolute atomic E-state index is 0.105. The molecule has 0 spiro atoms. The molecule has 1 aromatic carbocycles. The minimum atomic E-state index is -3.55. The summed E-state index contributed by atoms with van der Waals surface area (Å²) in [5, 5.41) is 10.5. The van der Waals surface area contributed by atoms with Crippen LogP contribution in [0.5, 0.6) is 0 Å². The molecule has 2 aromatic rings. The Kier molecular flexibility index (Phi) is 7.64. The molecule has 0 bridgehead atoms. The summed E-state index contributed by atoms with van der Waals surface area (Å²) in [4.78, 5) is 25.7. The average molecular weight is 472 g/mol. The highest BCUT2D eigenvalue weighted by Crippen LogP contribution is 2.26. The first-order valence-corrected chi connectivity index (χ1v) is 12.4. The number of carbonyl (C=O) groups is 2. The number of benzene rings is 1. The van der Waals surface area contributed by atoms with Crippen LogP contribution in [0.25, 0.3) is 0 Å². The van der Waals surface area contributed by atoms with E-state index >= 15 is 0 Å². The lowest BCUT2D eigenvalue weighted by atomic mass is 10.3. The lowest BCUT2D eigenvalue weighted by molar-refractivity contribution is -0.129. The Labute approximate surface area is 182 Å². The van der Waals surface area contributed by atoms with Gasteiger partial charge in [0.2, 0.25) is 21.1 Å². The topological polar surface area (TPSA) is 122 Å². The van der Waals surface area contributed by atoms with Crippen LogP contribution in [0.1, 0.15) is 6.92 Å². The predicted octanol–water partition coefficient (Wildman–Crippen LogP) is 1.73. The summed E-state index contributed by atoms with van der Waals surface area (Å²) in [6.45, 7) is 3.11. The Balaban J connectivity index is 1.47. The molecule has 1 N–H and O–H groups in total. The van der Waals surface area contributed by atoms with Crippen LogP contribution in [0, 0.1) is 0 Å². The van der Waals surface area contributed by atoms with E-state index < -0.39 is 16.1 Å². The molecule has 1 fully saturated rings. The number of rotatable bonds is 7. The third kappa shape index (κ3) is 5.68. The van der Waals surface area contributed by atoms with Crippen molar-refractivity contribution >= 4 is 50.3 Å². The second-order valence-electron chi connectivity index (χ2n) is 6.11. The zero-order valence-corrected chi connectivity index (χ0v) is 18.6. The number of anilines is 1. The molecule has 162 valence electrons. The Bertz CT molecular complexity index is 975. The first-order valence-electron chi connectivity index (χ1n) is 9.13. The molecule has 1 aliphatic rings. The van der Waals surface area contributed by atoms with Crippen LogP contribution in [-0.2, 0) is 19.6 Å². The molecule has 2 amide bonds. The number of nitrogens with zero attached hydrogens (tertiary/aromatic N) is 4. The van der Waals surface area contributed by atoms with Gasteiger partial charge in [-0.1, -0.05) is 41.3 Å². The standard InChI is InChI=1S/C17H21N5O5S3/c1-2-27-16(24)18-15-19-20-17(29-15)28-12-14(23)21-8-10-22(11-9-21)30(25,26)13-6-4-3-5-7-13/h3-7H,2,8-12H2,1H3,(H,18,19,24). The van der Waals surface area contributed by atoms with Crippen LogP contribution in [0.4, 0.5) is 9.93 Å². The van der Waals surface area contributed by atoms with Gasteiger partial charge in [0.1, 0.15) is 0 Å². The Hall–Kier alpha value is -2.22. The summed E-state index contributed by atoms with van der Waals surface area (Å²) in [6, 6.07) is 8.27. The number of hydrogen-bond donors (Lipinski definition) is 1. The van der Waals surface area contributed by atoms with Crippen molar-refractivity contribution in [2.24, 2.45) is 0 Å². The SMILES string of the molecule is CCOC(=O)Nc1nnc(SCC(=O)N2CCN(S(=O)(=O)c3ccccc3)CC2)s1. The van der Waals surface area contributed by atoms with Gasteiger partial charge in [0.25, 0.3) is 0 Å². The van der Waals surface area contributed by atoms with Gasteiger partial charge in [-0.05, 0) is 19.1 Å². The summed E-state index contributed by atoms with van der Waals surface area (Å²) in [5.74, 6) is 0.0475. The summed E-state index contributed by atoms with van der Waals surface area (Å²) in [7, 11) is -3.55. The molecule has 0 unspecified atom stereocenters. The summed E-state index contributed by atoms with van der Waals surface area (Å²) < 4.78 is 32.0. The first-order chi connectivity index (χ1) is 14.4. The van der Waals surface area contributed by atoms with Crippen LogP contribution in [-0.4, -0.2) is 78.4 Å². The molecule has 0 saturated carbocycles. The highest BCUT2D eigenvalue weighted by atomic mass is 32.2. The second kappa shape index (κ2) is 10.2. The lowest BCUT2D eigenvalue weighted by Gasteiger charge is -2.34. The van der Waals surface area contributed by atoms with E-state index in [1.54, 1.807) is 42.2 Å². The van der Waals surface area contributed by atoms with Crippen molar-refractivity contribution < 1.29 is 22.7 Å². The first kappa shape index (κ1) is 22.5. The van der Waals surface area contributed by atoms with Gasteiger partial charge in [-0.2, -0.15) is 4.31 Å². The number of carbonyl (C=O) groups excluding carboxylic acids is 2. The van der Waals surface area contributed by atoms with Gasteiger partial charge in [0.05, 0.1) is 17.3 Å². The van der Waals surface area contributed by atoms with Crippen molar-refractivity contribution in [2.45, 2.75) is 16.2 Å². The van der Waals surface area contributed by atoms with Crippen LogP contribution < -0.4 is 5.32 Å². The van der Waals surface area contributed by atoms with Crippen molar-refractivity contribution in [3.8, 4) is 0 Å².